The van der Waals surface area contributed by atoms with Crippen molar-refractivity contribution in [2.24, 2.45) is 0 Å². The Labute approximate surface area is 99.8 Å². The summed E-state index contributed by atoms with van der Waals surface area (Å²) in [6.07, 6.45) is 0.186. The molecule has 4 heteroatoms. The van der Waals surface area contributed by atoms with Gasteiger partial charge in [-0.2, -0.15) is 0 Å². The number of benzene rings is 1. The van der Waals surface area contributed by atoms with Crippen molar-refractivity contribution >= 4 is 31.9 Å². The van der Waals surface area contributed by atoms with Gasteiger partial charge in [0.05, 0.1) is 0 Å². The molecule has 1 aliphatic rings. The van der Waals surface area contributed by atoms with Gasteiger partial charge in [-0.3, -0.25) is 0 Å². The predicted molar refractivity (Wildman–Crippen MR) is 62.0 cm³/mol. The first kappa shape index (κ1) is 10.3. The highest BCUT2D eigenvalue weighted by Gasteiger charge is 2.25. The van der Waals surface area contributed by atoms with Gasteiger partial charge in [0.2, 0.25) is 0 Å². The Hall–Kier alpha value is -0.220. The van der Waals surface area contributed by atoms with Crippen molar-refractivity contribution in [1.82, 2.24) is 0 Å². The Morgan fingerprint density at radius 2 is 1.29 bits per heavy atom. The Bertz CT molecular complexity index is 330. The zero-order valence-electron chi connectivity index (χ0n) is 7.88. The lowest BCUT2D eigenvalue weighted by atomic mass is 10.2. The molecule has 0 unspecified atom stereocenters. The van der Waals surface area contributed by atoms with E-state index in [0.717, 1.165) is 20.4 Å². The minimum atomic E-state index is 0.0931. The second kappa shape index (κ2) is 3.74. The van der Waals surface area contributed by atoms with E-state index >= 15 is 0 Å². The fraction of sp³-hybridized carbons (Fsp3) is 0.400. The van der Waals surface area contributed by atoms with Crippen molar-refractivity contribution in [2.45, 2.75) is 26.1 Å². The first-order valence-corrected chi connectivity index (χ1v) is 5.99. The molecule has 0 bridgehead atoms. The van der Waals surface area contributed by atoms with E-state index < -0.39 is 0 Å². The van der Waals surface area contributed by atoms with E-state index in [9.17, 15) is 0 Å². The lowest BCUT2D eigenvalue weighted by molar-refractivity contribution is 0.0428. The highest BCUT2D eigenvalue weighted by atomic mass is 79.9. The van der Waals surface area contributed by atoms with Crippen LogP contribution in [-0.4, -0.2) is 12.2 Å². The molecule has 0 saturated carbocycles. The Balaban J connectivity index is 2.42. The SMILES string of the molecule is C[C@H]1Oc2cc(Br)c(Br)cc2O[C@@H]1C. The fourth-order valence-corrected chi connectivity index (χ4v) is 1.93. The molecule has 2 nitrogen and oxygen atoms in total. The molecular weight excluding hydrogens is 312 g/mol. The smallest absolute Gasteiger partial charge is 0.163 e. The summed E-state index contributed by atoms with van der Waals surface area (Å²) in [7, 11) is 0. The summed E-state index contributed by atoms with van der Waals surface area (Å²) >= 11 is 6.85. The molecule has 2 atom stereocenters. The maximum absolute atomic E-state index is 5.70. The topological polar surface area (TPSA) is 18.5 Å². The number of rotatable bonds is 0. The third-order valence-electron chi connectivity index (χ3n) is 2.27. The largest absolute Gasteiger partial charge is 0.483 e. The summed E-state index contributed by atoms with van der Waals surface area (Å²) in [4.78, 5) is 0. The average molecular weight is 322 g/mol. The molecule has 0 aliphatic carbocycles. The zero-order chi connectivity index (χ0) is 10.3. The number of hydrogen-bond donors (Lipinski definition) is 0. The molecule has 1 aromatic rings. The first-order chi connectivity index (χ1) is 6.58. The second-order valence-electron chi connectivity index (χ2n) is 3.36. The maximum atomic E-state index is 5.70. The summed E-state index contributed by atoms with van der Waals surface area (Å²) in [6.45, 7) is 4.01. The molecule has 0 saturated heterocycles. The van der Waals surface area contributed by atoms with Crippen LogP contribution in [0.4, 0.5) is 0 Å². The zero-order valence-corrected chi connectivity index (χ0v) is 11.1. The van der Waals surface area contributed by atoms with E-state index in [0.29, 0.717) is 0 Å². The van der Waals surface area contributed by atoms with E-state index in [2.05, 4.69) is 31.9 Å². The lowest BCUT2D eigenvalue weighted by Crippen LogP contribution is -2.34. The third-order valence-corrected chi connectivity index (χ3v) is 4.12. The van der Waals surface area contributed by atoms with Crippen LogP contribution in [-0.2, 0) is 0 Å². The van der Waals surface area contributed by atoms with Gasteiger partial charge in [-0.05, 0) is 57.8 Å². The summed E-state index contributed by atoms with van der Waals surface area (Å²) in [5.41, 5.74) is 0. The fourth-order valence-electron chi connectivity index (χ4n) is 1.29. The van der Waals surface area contributed by atoms with Crippen molar-refractivity contribution in [1.29, 1.82) is 0 Å². The number of fused-ring (bicyclic) bond motifs is 1. The highest BCUT2D eigenvalue weighted by Crippen LogP contribution is 2.40. The van der Waals surface area contributed by atoms with E-state index in [4.69, 9.17) is 9.47 Å². The molecule has 1 aliphatic heterocycles. The van der Waals surface area contributed by atoms with Gasteiger partial charge in [-0.25, -0.2) is 0 Å². The van der Waals surface area contributed by atoms with Crippen LogP contribution in [0.5, 0.6) is 11.5 Å². The molecule has 1 aromatic carbocycles. The molecule has 0 aromatic heterocycles. The maximum Gasteiger partial charge on any atom is 0.163 e. The van der Waals surface area contributed by atoms with Crippen LogP contribution in [0, 0.1) is 0 Å². The van der Waals surface area contributed by atoms with Crippen molar-refractivity contribution in [2.75, 3.05) is 0 Å². The van der Waals surface area contributed by atoms with Crippen LogP contribution < -0.4 is 9.47 Å². The normalized spacial score (nSPS) is 24.9. The summed E-state index contributed by atoms with van der Waals surface area (Å²) < 4.78 is 13.4. The van der Waals surface area contributed by atoms with Crippen molar-refractivity contribution in [3.8, 4) is 11.5 Å². The molecule has 1 heterocycles. The summed E-state index contributed by atoms with van der Waals surface area (Å²) in [5, 5.41) is 0. The van der Waals surface area contributed by atoms with Gasteiger partial charge in [0, 0.05) is 8.95 Å². The van der Waals surface area contributed by atoms with E-state index in [1.165, 1.54) is 0 Å². The molecule has 2 rings (SSSR count). The quantitative estimate of drug-likeness (QED) is 0.724. The van der Waals surface area contributed by atoms with Gasteiger partial charge in [0.1, 0.15) is 12.2 Å². The minimum absolute atomic E-state index is 0.0931. The number of halogens is 2. The first-order valence-electron chi connectivity index (χ1n) is 4.40. The van der Waals surface area contributed by atoms with Crippen LogP contribution in [0.25, 0.3) is 0 Å². The van der Waals surface area contributed by atoms with Crippen molar-refractivity contribution in [3.63, 3.8) is 0 Å². The highest BCUT2D eigenvalue weighted by molar-refractivity contribution is 9.13. The van der Waals surface area contributed by atoms with Gasteiger partial charge >= 0.3 is 0 Å². The Morgan fingerprint density at radius 3 is 1.64 bits per heavy atom. The predicted octanol–water partition coefficient (Wildman–Crippen LogP) is 3.76. The number of ether oxygens (including phenoxy) is 2. The van der Waals surface area contributed by atoms with E-state index in [1.807, 2.05) is 26.0 Å². The monoisotopic (exact) mass is 320 g/mol. The van der Waals surface area contributed by atoms with E-state index in [-0.39, 0.29) is 12.2 Å². The van der Waals surface area contributed by atoms with Crippen LogP contribution in [0.1, 0.15) is 13.8 Å². The Morgan fingerprint density at radius 1 is 0.929 bits per heavy atom. The molecular formula is C10H10Br2O2. The van der Waals surface area contributed by atoms with Gasteiger partial charge < -0.3 is 9.47 Å². The van der Waals surface area contributed by atoms with Gasteiger partial charge in [0.15, 0.2) is 11.5 Å². The van der Waals surface area contributed by atoms with Crippen LogP contribution >= 0.6 is 31.9 Å². The van der Waals surface area contributed by atoms with Gasteiger partial charge in [-0.1, -0.05) is 0 Å². The second-order valence-corrected chi connectivity index (χ2v) is 5.07. The van der Waals surface area contributed by atoms with Gasteiger partial charge in [-0.15, -0.1) is 0 Å². The molecule has 14 heavy (non-hydrogen) atoms. The van der Waals surface area contributed by atoms with E-state index in [1.54, 1.807) is 0 Å². The summed E-state index contributed by atoms with van der Waals surface area (Å²) in [5.74, 6) is 1.59. The van der Waals surface area contributed by atoms with Crippen LogP contribution in [0.2, 0.25) is 0 Å². The molecule has 0 amide bonds. The van der Waals surface area contributed by atoms with Crippen LogP contribution in [0.3, 0.4) is 0 Å². The molecule has 0 N–H and O–H groups in total. The van der Waals surface area contributed by atoms with Crippen molar-refractivity contribution in [3.05, 3.63) is 21.1 Å². The Kier molecular flexibility index (Phi) is 2.75. The molecule has 76 valence electrons. The molecule has 0 fully saturated rings. The summed E-state index contributed by atoms with van der Waals surface area (Å²) in [6, 6.07) is 3.84. The standard InChI is InChI=1S/C10H10Br2O2/c1-5-6(2)14-10-4-8(12)7(11)3-9(10)13-5/h3-6H,1-2H3/t5-,6-/m1/s1. The van der Waals surface area contributed by atoms with Crippen molar-refractivity contribution < 1.29 is 9.47 Å². The molecule has 0 radical (unpaired) electrons. The van der Waals surface area contributed by atoms with Gasteiger partial charge in [0.25, 0.3) is 0 Å². The lowest BCUT2D eigenvalue weighted by Gasteiger charge is -2.30. The average Bonchev–Trinajstić information content (AvgIpc) is 2.11. The van der Waals surface area contributed by atoms with Crippen LogP contribution in [0.15, 0.2) is 21.1 Å². The third kappa shape index (κ3) is 1.77. The minimum Gasteiger partial charge on any atom is -0.483 e. The number of hydrogen-bond acceptors (Lipinski definition) is 2. The molecule has 0 spiro atoms.